The molecule has 0 aromatic rings. The van der Waals surface area contributed by atoms with Crippen LogP contribution in [0, 0.1) is 23.5 Å². The molecule has 2 nitrogen and oxygen atoms in total. The summed E-state index contributed by atoms with van der Waals surface area (Å²) in [4.78, 5) is 12.1. The van der Waals surface area contributed by atoms with Gasteiger partial charge in [0.05, 0.1) is 6.26 Å². The summed E-state index contributed by atoms with van der Waals surface area (Å²) in [5.41, 5.74) is 3.06. The number of hydrogen-bond acceptors (Lipinski definition) is 2. The van der Waals surface area contributed by atoms with Gasteiger partial charge in [-0.05, 0) is 52.4 Å². The molecule has 0 saturated carbocycles. The van der Waals surface area contributed by atoms with Crippen LogP contribution < -0.4 is 0 Å². The van der Waals surface area contributed by atoms with E-state index in [1.807, 2.05) is 6.26 Å². The highest BCUT2D eigenvalue weighted by Gasteiger charge is 2.46. The third kappa shape index (κ3) is 5.95. The lowest BCUT2D eigenvalue weighted by atomic mass is 9.79. The molecular weight excluding hydrogens is 451 g/mol. The number of carbonyl (C=O) groups is 1. The summed E-state index contributed by atoms with van der Waals surface area (Å²) in [6.07, 6.45) is 10.1. The van der Waals surface area contributed by atoms with Crippen molar-refractivity contribution in [1.82, 2.24) is 0 Å². The maximum absolute atomic E-state index is 12.1. The second-order valence-corrected chi connectivity index (χ2v) is 15.6. The van der Waals surface area contributed by atoms with E-state index in [4.69, 9.17) is 4.43 Å². The molecule has 1 atom stereocenters. The topological polar surface area (TPSA) is 26.3 Å². The number of alkyl halides is 1. The molecule has 26 heavy (non-hydrogen) atoms. The lowest BCUT2D eigenvalue weighted by molar-refractivity contribution is -0.115. The van der Waals surface area contributed by atoms with Gasteiger partial charge < -0.3 is 4.43 Å². The first-order chi connectivity index (χ1) is 12.0. The van der Waals surface area contributed by atoms with Crippen molar-refractivity contribution < 1.29 is 9.22 Å². The number of ketones is 1. The molecule has 0 amide bonds. The van der Waals surface area contributed by atoms with E-state index in [0.29, 0.717) is 29.5 Å². The Kier molecular flexibility index (Phi) is 9.11. The SMILES string of the molecule is CC(C)[Si](O/C=C1\C[C]=[C]C(=O)CC1CC(C)(C)CI)(C(C)C)C(C)C. The van der Waals surface area contributed by atoms with Gasteiger partial charge in [0, 0.05) is 16.9 Å². The minimum atomic E-state index is -1.95. The summed E-state index contributed by atoms with van der Waals surface area (Å²) in [6, 6.07) is 0. The Balaban J connectivity index is 3.19. The monoisotopic (exact) mass is 488 g/mol. The molecular formula is C22H37IO2Si. The Labute approximate surface area is 176 Å². The van der Waals surface area contributed by atoms with E-state index in [0.717, 1.165) is 10.8 Å². The van der Waals surface area contributed by atoms with Gasteiger partial charge in [-0.3, -0.25) is 4.79 Å². The van der Waals surface area contributed by atoms with Gasteiger partial charge in [0.25, 0.3) is 8.32 Å². The van der Waals surface area contributed by atoms with Gasteiger partial charge in [-0.15, -0.1) is 0 Å². The van der Waals surface area contributed by atoms with Crippen LogP contribution >= 0.6 is 22.6 Å². The summed E-state index contributed by atoms with van der Waals surface area (Å²) in [6.45, 7) is 18.4. The van der Waals surface area contributed by atoms with Crippen molar-refractivity contribution >= 4 is 36.7 Å². The number of rotatable bonds is 8. The maximum Gasteiger partial charge on any atom is 0.257 e. The van der Waals surface area contributed by atoms with Crippen molar-refractivity contribution in [1.29, 1.82) is 0 Å². The van der Waals surface area contributed by atoms with E-state index in [2.05, 4.69) is 90.1 Å². The fourth-order valence-electron chi connectivity index (χ4n) is 4.44. The Hall–Kier alpha value is -0.103. The van der Waals surface area contributed by atoms with E-state index >= 15 is 0 Å². The van der Waals surface area contributed by atoms with Gasteiger partial charge in [-0.1, -0.05) is 78.0 Å². The van der Waals surface area contributed by atoms with Crippen LogP contribution in [0.4, 0.5) is 0 Å². The molecule has 0 heterocycles. The van der Waals surface area contributed by atoms with Crippen LogP contribution in [-0.2, 0) is 9.22 Å². The van der Waals surface area contributed by atoms with Crippen LogP contribution in [-0.4, -0.2) is 18.5 Å². The van der Waals surface area contributed by atoms with Crippen molar-refractivity contribution in [2.24, 2.45) is 11.3 Å². The molecule has 0 spiro atoms. The molecule has 148 valence electrons. The quantitative estimate of drug-likeness (QED) is 0.158. The third-order valence-electron chi connectivity index (χ3n) is 5.76. The lowest BCUT2D eigenvalue weighted by Crippen LogP contribution is -2.46. The first-order valence-corrected chi connectivity index (χ1v) is 13.6. The van der Waals surface area contributed by atoms with Crippen LogP contribution in [0.3, 0.4) is 0 Å². The van der Waals surface area contributed by atoms with Gasteiger partial charge in [0.2, 0.25) is 0 Å². The van der Waals surface area contributed by atoms with Crippen molar-refractivity contribution in [3.05, 3.63) is 24.0 Å². The summed E-state index contributed by atoms with van der Waals surface area (Å²) in [5, 5.41) is 0. The lowest BCUT2D eigenvalue weighted by Gasteiger charge is -2.41. The van der Waals surface area contributed by atoms with E-state index in [1.165, 1.54) is 5.57 Å². The Morgan fingerprint density at radius 3 is 2.19 bits per heavy atom. The van der Waals surface area contributed by atoms with E-state index in [-0.39, 0.29) is 17.1 Å². The minimum Gasteiger partial charge on any atom is -0.548 e. The van der Waals surface area contributed by atoms with Crippen molar-refractivity contribution in [2.75, 3.05) is 4.43 Å². The van der Waals surface area contributed by atoms with Gasteiger partial charge in [-0.25, -0.2) is 0 Å². The zero-order valence-electron chi connectivity index (χ0n) is 17.9. The molecule has 1 rings (SSSR count). The number of Topliss-reactive ketones (excluding diaryl/α,β-unsaturated/α-hetero) is 1. The third-order valence-corrected chi connectivity index (χ3v) is 13.8. The maximum atomic E-state index is 12.1. The highest BCUT2D eigenvalue weighted by Crippen LogP contribution is 2.43. The molecule has 1 aliphatic rings. The predicted octanol–water partition coefficient (Wildman–Crippen LogP) is 7.06. The van der Waals surface area contributed by atoms with E-state index < -0.39 is 8.32 Å². The normalized spacial score (nSPS) is 21.2. The van der Waals surface area contributed by atoms with Crippen molar-refractivity contribution in [3.8, 4) is 0 Å². The number of hydrogen-bond donors (Lipinski definition) is 0. The number of carbonyl (C=O) groups excluding carboxylic acids is 1. The average molecular weight is 489 g/mol. The predicted molar refractivity (Wildman–Crippen MR) is 122 cm³/mol. The highest BCUT2D eigenvalue weighted by molar-refractivity contribution is 14.1. The largest absolute Gasteiger partial charge is 0.548 e. The molecule has 0 aromatic carbocycles. The zero-order valence-corrected chi connectivity index (χ0v) is 21.1. The Bertz CT molecular complexity index is 510. The van der Waals surface area contributed by atoms with Crippen LogP contribution in [0.2, 0.25) is 16.6 Å². The molecule has 0 fully saturated rings. The summed E-state index contributed by atoms with van der Waals surface area (Å²) >= 11 is 2.45. The molecule has 1 unspecified atom stereocenters. The molecule has 0 N–H and O–H groups in total. The number of halogens is 1. The fourth-order valence-corrected chi connectivity index (χ4v) is 9.93. The Morgan fingerprint density at radius 1 is 1.19 bits per heavy atom. The van der Waals surface area contributed by atoms with Crippen LogP contribution in [0.1, 0.15) is 74.7 Å². The minimum absolute atomic E-state index is 0.0720. The van der Waals surface area contributed by atoms with Crippen LogP contribution in [0.25, 0.3) is 0 Å². The summed E-state index contributed by atoms with van der Waals surface area (Å²) in [5.74, 6) is 0.302. The van der Waals surface area contributed by atoms with Crippen LogP contribution in [0.5, 0.6) is 0 Å². The van der Waals surface area contributed by atoms with Crippen LogP contribution in [0.15, 0.2) is 11.8 Å². The fraction of sp³-hybridized carbons (Fsp3) is 0.773. The summed E-state index contributed by atoms with van der Waals surface area (Å²) < 4.78 is 7.80. The zero-order chi connectivity index (χ0) is 20.1. The molecule has 0 saturated heterocycles. The first kappa shape index (κ1) is 23.9. The first-order valence-electron chi connectivity index (χ1n) is 9.90. The number of allylic oxidation sites excluding steroid dienone is 3. The summed E-state index contributed by atoms with van der Waals surface area (Å²) in [7, 11) is -1.95. The average Bonchev–Trinajstić information content (AvgIpc) is 2.68. The second kappa shape index (κ2) is 9.90. The van der Waals surface area contributed by atoms with Crippen molar-refractivity contribution in [3.63, 3.8) is 0 Å². The van der Waals surface area contributed by atoms with Gasteiger partial charge in [0.1, 0.15) is 0 Å². The molecule has 2 radical (unpaired) electrons. The standard InChI is InChI=1S/C22H37IO2Si/c1-16(2)26(17(3)4,18(5)6)25-14-19-10-9-11-21(24)12-20(19)13-22(7,8)15-23/h14,16-18,20H,10,12-13,15H2,1-8H3/b19-14+. The molecule has 1 aliphatic carbocycles. The molecule has 4 heteroatoms. The molecule has 0 aliphatic heterocycles. The Morgan fingerprint density at radius 2 is 1.73 bits per heavy atom. The smallest absolute Gasteiger partial charge is 0.257 e. The van der Waals surface area contributed by atoms with E-state index in [1.54, 1.807) is 0 Å². The van der Waals surface area contributed by atoms with Crippen molar-refractivity contribution in [2.45, 2.75) is 91.3 Å². The van der Waals surface area contributed by atoms with Gasteiger partial charge in [0.15, 0.2) is 5.78 Å². The van der Waals surface area contributed by atoms with Gasteiger partial charge in [-0.2, -0.15) is 0 Å². The van der Waals surface area contributed by atoms with Gasteiger partial charge >= 0.3 is 0 Å². The van der Waals surface area contributed by atoms with E-state index in [9.17, 15) is 4.79 Å². The highest BCUT2D eigenvalue weighted by atomic mass is 127. The second-order valence-electron chi connectivity index (χ2n) is 9.43. The molecule has 0 aromatic heterocycles. The molecule has 0 bridgehead atoms.